The second-order valence-electron chi connectivity index (χ2n) is 4.79. The molecule has 4 heteroatoms. The Labute approximate surface area is 116 Å². The fourth-order valence-electron chi connectivity index (χ4n) is 1.96. The van der Waals surface area contributed by atoms with E-state index in [1.54, 1.807) is 20.4 Å². The van der Waals surface area contributed by atoms with Crippen LogP contribution in [0, 0.1) is 0 Å². The van der Waals surface area contributed by atoms with Crippen molar-refractivity contribution >= 4 is 0 Å². The summed E-state index contributed by atoms with van der Waals surface area (Å²) in [4.78, 5) is 4.24. The molecule has 1 rings (SSSR count). The zero-order valence-electron chi connectivity index (χ0n) is 12.5. The molecule has 0 amide bonds. The van der Waals surface area contributed by atoms with E-state index >= 15 is 0 Å². The molecule has 1 aromatic rings. The molecule has 1 aromatic heterocycles. The first-order valence-electron chi connectivity index (χ1n) is 6.96. The Morgan fingerprint density at radius 3 is 2.68 bits per heavy atom. The molecule has 0 radical (unpaired) electrons. The number of hydrogen-bond acceptors (Lipinski definition) is 4. The van der Waals surface area contributed by atoms with Gasteiger partial charge in [-0.15, -0.1) is 0 Å². The van der Waals surface area contributed by atoms with Crippen molar-refractivity contribution in [2.24, 2.45) is 0 Å². The van der Waals surface area contributed by atoms with Gasteiger partial charge in [0.25, 0.3) is 0 Å². The summed E-state index contributed by atoms with van der Waals surface area (Å²) in [7, 11) is 3.43. The highest BCUT2D eigenvalue weighted by molar-refractivity contribution is 5.25. The highest BCUT2D eigenvalue weighted by Gasteiger charge is 2.13. The van der Waals surface area contributed by atoms with Crippen molar-refractivity contribution in [2.45, 2.75) is 45.3 Å². The lowest BCUT2D eigenvalue weighted by atomic mass is 10.0. The number of nitrogens with zero attached hydrogens (tertiary/aromatic N) is 1. The Balaban J connectivity index is 2.70. The summed E-state index contributed by atoms with van der Waals surface area (Å²) in [6.07, 6.45) is 7.10. The van der Waals surface area contributed by atoms with Gasteiger partial charge in [-0.25, -0.2) is 0 Å². The lowest BCUT2D eigenvalue weighted by Crippen LogP contribution is -2.23. The third-order valence-electron chi connectivity index (χ3n) is 3.28. The molecule has 0 aliphatic carbocycles. The minimum Gasteiger partial charge on any atom is -0.495 e. The molecule has 0 bridgehead atoms. The van der Waals surface area contributed by atoms with Crippen molar-refractivity contribution in [3.63, 3.8) is 0 Å². The minimum atomic E-state index is 0.282. The molecular weight excluding hydrogens is 240 g/mol. The lowest BCUT2D eigenvalue weighted by Gasteiger charge is -2.20. The quantitative estimate of drug-likeness (QED) is 0.746. The van der Waals surface area contributed by atoms with Crippen LogP contribution in [-0.2, 0) is 4.74 Å². The van der Waals surface area contributed by atoms with Crippen LogP contribution in [0.4, 0.5) is 0 Å². The zero-order valence-corrected chi connectivity index (χ0v) is 12.5. The normalized spacial score (nSPS) is 14.1. The van der Waals surface area contributed by atoms with E-state index in [1.807, 2.05) is 6.20 Å². The van der Waals surface area contributed by atoms with Gasteiger partial charge in [0.05, 0.1) is 19.4 Å². The molecule has 1 heterocycles. The first kappa shape index (κ1) is 15.9. The summed E-state index contributed by atoms with van der Waals surface area (Å²) in [5.74, 6) is 0.806. The van der Waals surface area contributed by atoms with Crippen LogP contribution in [0.15, 0.2) is 18.5 Å². The largest absolute Gasteiger partial charge is 0.495 e. The topological polar surface area (TPSA) is 43.4 Å². The monoisotopic (exact) mass is 266 g/mol. The van der Waals surface area contributed by atoms with Gasteiger partial charge in [-0.1, -0.05) is 6.92 Å². The van der Waals surface area contributed by atoms with E-state index in [2.05, 4.69) is 30.2 Å². The van der Waals surface area contributed by atoms with Gasteiger partial charge in [0.1, 0.15) is 5.75 Å². The summed E-state index contributed by atoms with van der Waals surface area (Å²) in [5.41, 5.74) is 1.18. The molecule has 0 saturated carbocycles. The summed E-state index contributed by atoms with van der Waals surface area (Å²) in [6.45, 7) is 5.27. The second-order valence-corrected chi connectivity index (χ2v) is 4.79. The Morgan fingerprint density at radius 2 is 2.05 bits per heavy atom. The van der Waals surface area contributed by atoms with Crippen molar-refractivity contribution in [1.82, 2.24) is 10.3 Å². The zero-order chi connectivity index (χ0) is 14.1. The number of hydrogen-bond donors (Lipinski definition) is 1. The predicted molar refractivity (Wildman–Crippen MR) is 77.5 cm³/mol. The predicted octanol–water partition coefficient (Wildman–Crippen LogP) is 2.95. The van der Waals surface area contributed by atoms with Gasteiger partial charge in [-0.3, -0.25) is 4.98 Å². The molecule has 1 N–H and O–H groups in total. The van der Waals surface area contributed by atoms with Gasteiger partial charge < -0.3 is 14.8 Å². The van der Waals surface area contributed by atoms with Crippen LogP contribution in [0.25, 0.3) is 0 Å². The average Bonchev–Trinajstić information content (AvgIpc) is 2.47. The number of pyridine rings is 1. The van der Waals surface area contributed by atoms with Crippen LogP contribution in [0.3, 0.4) is 0 Å². The number of aromatic nitrogens is 1. The maximum atomic E-state index is 5.32. The highest BCUT2D eigenvalue weighted by Crippen LogP contribution is 2.22. The lowest BCUT2D eigenvalue weighted by molar-refractivity contribution is 0.106. The van der Waals surface area contributed by atoms with Crippen molar-refractivity contribution in [2.75, 3.05) is 20.8 Å². The average molecular weight is 266 g/mol. The van der Waals surface area contributed by atoms with Crippen LogP contribution >= 0.6 is 0 Å². The molecular formula is C15H26N2O2. The van der Waals surface area contributed by atoms with E-state index in [9.17, 15) is 0 Å². The highest BCUT2D eigenvalue weighted by atomic mass is 16.5. The van der Waals surface area contributed by atoms with Crippen molar-refractivity contribution < 1.29 is 9.47 Å². The first-order valence-corrected chi connectivity index (χ1v) is 6.96. The molecule has 0 aliphatic heterocycles. The first-order chi connectivity index (χ1) is 9.21. The van der Waals surface area contributed by atoms with Crippen LogP contribution in [0.1, 0.15) is 44.7 Å². The van der Waals surface area contributed by atoms with E-state index in [0.717, 1.165) is 31.6 Å². The maximum Gasteiger partial charge on any atom is 0.137 e. The molecule has 19 heavy (non-hydrogen) atoms. The van der Waals surface area contributed by atoms with Crippen molar-refractivity contribution in [3.05, 3.63) is 24.0 Å². The molecule has 2 unspecified atom stereocenters. The summed E-state index contributed by atoms with van der Waals surface area (Å²) in [5, 5.41) is 3.57. The second kappa shape index (κ2) is 8.88. The van der Waals surface area contributed by atoms with E-state index in [4.69, 9.17) is 9.47 Å². The van der Waals surface area contributed by atoms with Crippen LogP contribution in [-0.4, -0.2) is 31.9 Å². The molecule has 0 aliphatic rings. The third kappa shape index (κ3) is 5.57. The van der Waals surface area contributed by atoms with Gasteiger partial charge in [0.15, 0.2) is 0 Å². The Bertz CT molecular complexity index is 358. The molecule has 0 fully saturated rings. The van der Waals surface area contributed by atoms with Crippen LogP contribution in [0.2, 0.25) is 0 Å². The molecule has 0 saturated heterocycles. The van der Waals surface area contributed by atoms with Gasteiger partial charge in [-0.2, -0.15) is 0 Å². The molecule has 2 atom stereocenters. The number of nitrogens with one attached hydrogen (secondary N) is 1. The van der Waals surface area contributed by atoms with E-state index in [0.29, 0.717) is 6.04 Å². The Morgan fingerprint density at radius 1 is 1.26 bits per heavy atom. The van der Waals surface area contributed by atoms with Crippen LogP contribution < -0.4 is 10.1 Å². The van der Waals surface area contributed by atoms with Crippen molar-refractivity contribution in [1.29, 1.82) is 0 Å². The van der Waals surface area contributed by atoms with Crippen molar-refractivity contribution in [3.8, 4) is 5.75 Å². The molecule has 0 aromatic carbocycles. The van der Waals surface area contributed by atoms with E-state index in [-0.39, 0.29) is 6.10 Å². The smallest absolute Gasteiger partial charge is 0.137 e. The molecule has 4 nitrogen and oxygen atoms in total. The van der Waals surface area contributed by atoms with Gasteiger partial charge in [0.2, 0.25) is 0 Å². The van der Waals surface area contributed by atoms with Gasteiger partial charge >= 0.3 is 0 Å². The van der Waals surface area contributed by atoms with Crippen LogP contribution in [0.5, 0.6) is 5.75 Å². The number of ether oxygens (including phenoxy) is 2. The third-order valence-corrected chi connectivity index (χ3v) is 3.28. The van der Waals surface area contributed by atoms with Gasteiger partial charge in [-0.05, 0) is 44.4 Å². The Hall–Kier alpha value is -1.13. The molecule has 0 spiro atoms. The number of rotatable bonds is 9. The van der Waals surface area contributed by atoms with Gasteiger partial charge in [0, 0.05) is 19.3 Å². The van der Waals surface area contributed by atoms with E-state index in [1.165, 1.54) is 5.56 Å². The summed E-state index contributed by atoms with van der Waals surface area (Å²) < 4.78 is 10.6. The molecule has 108 valence electrons. The number of methoxy groups -OCH3 is 2. The SMILES string of the molecule is CCCNC(CCC(C)OC)c1cncc(OC)c1. The van der Waals surface area contributed by atoms with E-state index < -0.39 is 0 Å². The summed E-state index contributed by atoms with van der Waals surface area (Å²) in [6, 6.07) is 2.36. The Kier molecular flexibility index (Phi) is 7.45. The fourth-order valence-corrected chi connectivity index (χ4v) is 1.96. The standard InChI is InChI=1S/C15H26N2O2/c1-5-8-17-15(7-6-12(2)18-3)13-9-14(19-4)11-16-10-13/h9-12,15,17H,5-8H2,1-4H3. The summed E-state index contributed by atoms with van der Waals surface area (Å²) >= 11 is 0. The maximum absolute atomic E-state index is 5.32. The minimum absolute atomic E-state index is 0.282. The fraction of sp³-hybridized carbons (Fsp3) is 0.667.